The first-order chi connectivity index (χ1) is 8.77. The Kier molecular flexibility index (Phi) is 3.73. The van der Waals surface area contributed by atoms with Crippen molar-refractivity contribution in [1.82, 2.24) is 5.32 Å². The van der Waals surface area contributed by atoms with Gasteiger partial charge in [0.2, 0.25) is 0 Å². The fourth-order valence-corrected chi connectivity index (χ4v) is 3.64. The van der Waals surface area contributed by atoms with Crippen molar-refractivity contribution in [3.05, 3.63) is 34.3 Å². The average Bonchev–Trinajstić information content (AvgIpc) is 2.71. The molecule has 18 heavy (non-hydrogen) atoms. The topological polar surface area (TPSA) is 21.3 Å². The zero-order chi connectivity index (χ0) is 12.4. The van der Waals surface area contributed by atoms with E-state index in [2.05, 4.69) is 45.5 Å². The number of nitrogens with one attached hydrogen (secondary N) is 1. The molecule has 2 aliphatic rings. The highest BCUT2D eigenvalue weighted by Crippen LogP contribution is 2.40. The lowest BCUT2D eigenvalue weighted by Crippen LogP contribution is -2.32. The van der Waals surface area contributed by atoms with Crippen LogP contribution in [0.2, 0.25) is 0 Å². The van der Waals surface area contributed by atoms with Crippen LogP contribution in [-0.2, 0) is 4.74 Å². The molecule has 1 saturated carbocycles. The van der Waals surface area contributed by atoms with E-state index in [9.17, 15) is 0 Å². The van der Waals surface area contributed by atoms with E-state index in [4.69, 9.17) is 4.74 Å². The number of hydrogen-bond donors (Lipinski definition) is 1. The molecule has 1 heterocycles. The van der Waals surface area contributed by atoms with Gasteiger partial charge in [0.25, 0.3) is 0 Å². The zero-order valence-corrected chi connectivity index (χ0v) is 12.2. The van der Waals surface area contributed by atoms with Gasteiger partial charge in [-0.1, -0.05) is 40.9 Å². The van der Waals surface area contributed by atoms with E-state index in [1.165, 1.54) is 31.2 Å². The highest BCUT2D eigenvalue weighted by molar-refractivity contribution is 9.10. The van der Waals surface area contributed by atoms with Crippen molar-refractivity contribution >= 4 is 15.9 Å². The summed E-state index contributed by atoms with van der Waals surface area (Å²) in [7, 11) is 0. The van der Waals surface area contributed by atoms with Gasteiger partial charge in [-0.2, -0.15) is 0 Å². The Morgan fingerprint density at radius 3 is 2.89 bits per heavy atom. The van der Waals surface area contributed by atoms with Crippen LogP contribution >= 0.6 is 15.9 Å². The monoisotopic (exact) mass is 309 g/mol. The van der Waals surface area contributed by atoms with Crippen LogP contribution in [-0.4, -0.2) is 19.7 Å². The molecule has 0 aromatic heterocycles. The molecule has 1 N–H and O–H groups in total. The molecular weight excluding hydrogens is 290 g/mol. The molecule has 1 aromatic rings. The van der Waals surface area contributed by atoms with Gasteiger partial charge in [0.15, 0.2) is 0 Å². The quantitative estimate of drug-likeness (QED) is 0.854. The van der Waals surface area contributed by atoms with Crippen LogP contribution in [0.15, 0.2) is 28.7 Å². The molecule has 1 aromatic carbocycles. The minimum atomic E-state index is 0.197. The molecule has 0 bridgehead atoms. The molecule has 3 rings (SSSR count). The lowest BCUT2D eigenvalue weighted by molar-refractivity contribution is 0.0158. The largest absolute Gasteiger partial charge is 0.372 e. The maximum atomic E-state index is 6.20. The number of ether oxygens (including phenoxy) is 1. The second-order valence-corrected chi connectivity index (χ2v) is 6.61. The van der Waals surface area contributed by atoms with E-state index in [-0.39, 0.29) is 6.10 Å². The van der Waals surface area contributed by atoms with Crippen molar-refractivity contribution in [2.24, 2.45) is 5.41 Å². The molecule has 2 nitrogen and oxygen atoms in total. The van der Waals surface area contributed by atoms with Crippen molar-refractivity contribution in [3.8, 4) is 0 Å². The maximum absolute atomic E-state index is 6.20. The van der Waals surface area contributed by atoms with Crippen molar-refractivity contribution in [3.63, 3.8) is 0 Å². The molecule has 1 spiro atoms. The summed E-state index contributed by atoms with van der Waals surface area (Å²) in [4.78, 5) is 0. The summed E-state index contributed by atoms with van der Waals surface area (Å²) < 4.78 is 7.33. The van der Waals surface area contributed by atoms with E-state index >= 15 is 0 Å². The van der Waals surface area contributed by atoms with E-state index < -0.39 is 0 Å². The molecule has 0 amide bonds. The Bertz CT molecular complexity index is 415. The third-order valence-electron chi connectivity index (χ3n) is 4.31. The van der Waals surface area contributed by atoms with Gasteiger partial charge in [-0.05, 0) is 30.5 Å². The van der Waals surface area contributed by atoms with Crippen LogP contribution in [0, 0.1) is 5.41 Å². The van der Waals surface area contributed by atoms with Crippen molar-refractivity contribution in [1.29, 1.82) is 0 Å². The fourth-order valence-electron chi connectivity index (χ4n) is 3.22. The van der Waals surface area contributed by atoms with Crippen molar-refractivity contribution in [2.75, 3.05) is 19.7 Å². The van der Waals surface area contributed by atoms with Crippen LogP contribution in [0.25, 0.3) is 0 Å². The first-order valence-corrected chi connectivity index (χ1v) is 7.65. The van der Waals surface area contributed by atoms with Gasteiger partial charge in [-0.3, -0.25) is 0 Å². The van der Waals surface area contributed by atoms with Crippen LogP contribution in [0.5, 0.6) is 0 Å². The first kappa shape index (κ1) is 12.6. The third-order valence-corrected chi connectivity index (χ3v) is 4.80. The SMILES string of the molecule is Brc1cccc(C2CNCC3(CCCC3)CO2)c1. The fraction of sp³-hybridized carbons (Fsp3) is 0.600. The predicted octanol–water partition coefficient (Wildman–Crippen LogP) is 3.67. The van der Waals surface area contributed by atoms with E-state index in [1.807, 2.05) is 0 Å². The summed E-state index contributed by atoms with van der Waals surface area (Å²) in [6.45, 7) is 2.97. The van der Waals surface area contributed by atoms with Gasteiger partial charge >= 0.3 is 0 Å². The number of hydrogen-bond acceptors (Lipinski definition) is 2. The number of rotatable bonds is 1. The van der Waals surface area contributed by atoms with Crippen LogP contribution in [0.3, 0.4) is 0 Å². The molecule has 0 radical (unpaired) electrons. The smallest absolute Gasteiger partial charge is 0.0949 e. The Morgan fingerprint density at radius 1 is 1.28 bits per heavy atom. The van der Waals surface area contributed by atoms with Gasteiger partial charge in [-0.15, -0.1) is 0 Å². The molecule has 3 heteroatoms. The zero-order valence-electron chi connectivity index (χ0n) is 10.6. The second-order valence-electron chi connectivity index (χ2n) is 5.69. The van der Waals surface area contributed by atoms with Gasteiger partial charge in [0.05, 0.1) is 12.7 Å². The maximum Gasteiger partial charge on any atom is 0.0949 e. The minimum Gasteiger partial charge on any atom is -0.372 e. The normalized spacial score (nSPS) is 27.3. The average molecular weight is 310 g/mol. The molecule has 2 fully saturated rings. The third kappa shape index (κ3) is 2.63. The van der Waals surface area contributed by atoms with E-state index in [0.29, 0.717) is 5.41 Å². The van der Waals surface area contributed by atoms with Crippen molar-refractivity contribution < 1.29 is 4.74 Å². The molecule has 1 unspecified atom stereocenters. The summed E-state index contributed by atoms with van der Waals surface area (Å²) in [6.07, 6.45) is 5.58. The second kappa shape index (κ2) is 5.32. The lowest BCUT2D eigenvalue weighted by atomic mass is 9.87. The molecule has 1 aliphatic heterocycles. The summed E-state index contributed by atoms with van der Waals surface area (Å²) in [5.74, 6) is 0. The lowest BCUT2D eigenvalue weighted by Gasteiger charge is -2.26. The van der Waals surface area contributed by atoms with Gasteiger partial charge in [0.1, 0.15) is 0 Å². The van der Waals surface area contributed by atoms with E-state index in [0.717, 1.165) is 24.2 Å². The summed E-state index contributed by atoms with van der Waals surface area (Å²) >= 11 is 3.53. The molecule has 1 saturated heterocycles. The Morgan fingerprint density at radius 2 is 2.11 bits per heavy atom. The minimum absolute atomic E-state index is 0.197. The van der Waals surface area contributed by atoms with E-state index in [1.54, 1.807) is 0 Å². The summed E-state index contributed by atoms with van der Waals surface area (Å²) in [5, 5.41) is 3.61. The predicted molar refractivity (Wildman–Crippen MR) is 76.6 cm³/mol. The molecular formula is C15H20BrNO. The number of benzene rings is 1. The molecule has 98 valence electrons. The summed E-state index contributed by atoms with van der Waals surface area (Å²) in [5.41, 5.74) is 1.69. The van der Waals surface area contributed by atoms with Crippen LogP contribution in [0.1, 0.15) is 37.4 Å². The summed E-state index contributed by atoms with van der Waals surface area (Å²) in [6, 6.07) is 8.47. The Balaban J connectivity index is 1.72. The standard InChI is InChI=1S/C15H20BrNO/c16-13-5-3-4-12(8-13)14-9-17-10-15(11-18-14)6-1-2-7-15/h3-5,8,14,17H,1-2,6-7,9-11H2. The Labute approximate surface area is 117 Å². The number of halogens is 1. The van der Waals surface area contributed by atoms with Gasteiger partial charge in [0, 0.05) is 23.0 Å². The highest BCUT2D eigenvalue weighted by atomic mass is 79.9. The van der Waals surface area contributed by atoms with Crippen molar-refractivity contribution in [2.45, 2.75) is 31.8 Å². The molecule has 1 aliphatic carbocycles. The van der Waals surface area contributed by atoms with Gasteiger partial charge in [-0.25, -0.2) is 0 Å². The van der Waals surface area contributed by atoms with Gasteiger partial charge < -0.3 is 10.1 Å². The first-order valence-electron chi connectivity index (χ1n) is 6.85. The molecule has 1 atom stereocenters. The van der Waals surface area contributed by atoms with Crippen LogP contribution in [0.4, 0.5) is 0 Å². The highest BCUT2D eigenvalue weighted by Gasteiger charge is 2.36. The Hall–Kier alpha value is -0.380. The van der Waals surface area contributed by atoms with Crippen LogP contribution < -0.4 is 5.32 Å².